The first-order valence-corrected chi connectivity index (χ1v) is 8.99. The van der Waals surface area contributed by atoms with Gasteiger partial charge in [-0.25, -0.2) is 4.98 Å². The van der Waals surface area contributed by atoms with Crippen LogP contribution in [0.25, 0.3) is 11.0 Å². The van der Waals surface area contributed by atoms with Gasteiger partial charge in [0, 0.05) is 13.0 Å². The Balaban J connectivity index is 1.64. The van der Waals surface area contributed by atoms with Crippen molar-refractivity contribution >= 4 is 40.1 Å². The van der Waals surface area contributed by atoms with E-state index in [1.807, 2.05) is 47.9 Å². The van der Waals surface area contributed by atoms with E-state index in [0.717, 1.165) is 28.8 Å². The van der Waals surface area contributed by atoms with Crippen LogP contribution < -0.4 is 5.32 Å². The van der Waals surface area contributed by atoms with E-state index in [-0.39, 0.29) is 12.5 Å². The molecule has 130 valence electrons. The Morgan fingerprint density at radius 1 is 1.16 bits per heavy atom. The van der Waals surface area contributed by atoms with E-state index in [4.69, 9.17) is 23.2 Å². The smallest absolute Gasteiger partial charge is 0.240 e. The molecular weight excluding hydrogens is 357 g/mol. The van der Waals surface area contributed by atoms with Crippen LogP contribution in [-0.4, -0.2) is 22.0 Å². The van der Waals surface area contributed by atoms with Gasteiger partial charge >= 0.3 is 0 Å². The number of amides is 1. The minimum atomic E-state index is -0.0454. The molecular formula is C19H19Cl2N3O. The first kappa shape index (κ1) is 17.8. The second-order valence-electron chi connectivity index (χ2n) is 5.77. The van der Waals surface area contributed by atoms with Gasteiger partial charge in [0.1, 0.15) is 12.4 Å². The lowest BCUT2D eigenvalue weighted by atomic mass is 10.1. The summed E-state index contributed by atoms with van der Waals surface area (Å²) in [5, 5.41) is 4.02. The van der Waals surface area contributed by atoms with Gasteiger partial charge in [-0.2, -0.15) is 0 Å². The number of benzene rings is 2. The number of nitrogens with one attached hydrogen (secondary N) is 1. The molecule has 1 heterocycles. The van der Waals surface area contributed by atoms with E-state index < -0.39 is 0 Å². The molecule has 2 aromatic carbocycles. The van der Waals surface area contributed by atoms with Crippen LogP contribution in [0.15, 0.2) is 42.5 Å². The number of nitrogens with zero attached hydrogens (tertiary/aromatic N) is 2. The number of hydrogen-bond acceptors (Lipinski definition) is 2. The van der Waals surface area contributed by atoms with Crippen LogP contribution in [0.1, 0.15) is 18.3 Å². The predicted octanol–water partition coefficient (Wildman–Crippen LogP) is 4.26. The summed E-state index contributed by atoms with van der Waals surface area (Å²) in [5.41, 5.74) is 2.82. The second-order valence-corrected chi connectivity index (χ2v) is 6.55. The number of aromatic nitrogens is 2. The number of halogens is 2. The number of para-hydroxylation sites is 2. The Hall–Kier alpha value is -2.04. The molecule has 0 radical (unpaired) electrons. The van der Waals surface area contributed by atoms with Crippen LogP contribution in [0, 0.1) is 0 Å². The lowest BCUT2D eigenvalue weighted by molar-refractivity contribution is -0.121. The minimum Gasteiger partial charge on any atom is -0.354 e. The molecule has 0 unspecified atom stereocenters. The summed E-state index contributed by atoms with van der Waals surface area (Å²) in [6.45, 7) is 2.80. The van der Waals surface area contributed by atoms with E-state index in [0.29, 0.717) is 23.0 Å². The topological polar surface area (TPSA) is 46.9 Å². The molecule has 0 aliphatic heterocycles. The predicted molar refractivity (Wildman–Crippen MR) is 102 cm³/mol. The van der Waals surface area contributed by atoms with E-state index >= 15 is 0 Å². The maximum atomic E-state index is 12.3. The number of carbonyl (C=O) groups is 1. The Morgan fingerprint density at radius 3 is 2.76 bits per heavy atom. The summed E-state index contributed by atoms with van der Waals surface area (Å²) in [7, 11) is 0. The molecule has 6 heteroatoms. The SMILES string of the molecule is CCc1nc2ccccc2n1CC(=O)NCCc1cccc(Cl)c1Cl. The summed E-state index contributed by atoms with van der Waals surface area (Å²) >= 11 is 12.2. The summed E-state index contributed by atoms with van der Waals surface area (Å²) in [6, 6.07) is 13.4. The second kappa shape index (κ2) is 7.89. The molecule has 1 N–H and O–H groups in total. The molecule has 3 aromatic rings. The van der Waals surface area contributed by atoms with Gasteiger partial charge in [-0.3, -0.25) is 4.79 Å². The fourth-order valence-corrected chi connectivity index (χ4v) is 3.26. The van der Waals surface area contributed by atoms with Gasteiger partial charge in [0.2, 0.25) is 5.91 Å². The van der Waals surface area contributed by atoms with Crippen molar-refractivity contribution in [2.75, 3.05) is 6.54 Å². The zero-order valence-corrected chi connectivity index (χ0v) is 15.4. The van der Waals surface area contributed by atoms with Crippen LogP contribution in [0.2, 0.25) is 10.0 Å². The molecule has 0 saturated carbocycles. The average molecular weight is 376 g/mol. The first-order valence-electron chi connectivity index (χ1n) is 8.24. The fourth-order valence-electron chi connectivity index (χ4n) is 2.85. The van der Waals surface area contributed by atoms with Gasteiger partial charge in [0.05, 0.1) is 21.1 Å². The number of rotatable bonds is 6. The summed E-state index contributed by atoms with van der Waals surface area (Å²) < 4.78 is 1.97. The van der Waals surface area contributed by atoms with Crippen molar-refractivity contribution in [2.24, 2.45) is 0 Å². The molecule has 0 fully saturated rings. The molecule has 0 aliphatic carbocycles. The first-order chi connectivity index (χ1) is 12.1. The quantitative estimate of drug-likeness (QED) is 0.699. The maximum Gasteiger partial charge on any atom is 0.240 e. The van der Waals surface area contributed by atoms with Crippen LogP contribution in [0.3, 0.4) is 0 Å². The highest BCUT2D eigenvalue weighted by molar-refractivity contribution is 6.42. The van der Waals surface area contributed by atoms with Crippen molar-refractivity contribution in [3.05, 3.63) is 63.9 Å². The van der Waals surface area contributed by atoms with Crippen molar-refractivity contribution in [1.29, 1.82) is 0 Å². The fraction of sp³-hybridized carbons (Fsp3) is 0.263. The van der Waals surface area contributed by atoms with Gasteiger partial charge in [0.25, 0.3) is 0 Å². The van der Waals surface area contributed by atoms with Crippen molar-refractivity contribution in [1.82, 2.24) is 14.9 Å². The third-order valence-corrected chi connectivity index (χ3v) is 4.96. The molecule has 0 bridgehead atoms. The Bertz CT molecular complexity index is 905. The monoisotopic (exact) mass is 375 g/mol. The van der Waals surface area contributed by atoms with Crippen molar-refractivity contribution in [3.63, 3.8) is 0 Å². The molecule has 0 aliphatic rings. The summed E-state index contributed by atoms with van der Waals surface area (Å²) in [6.07, 6.45) is 1.41. The van der Waals surface area contributed by atoms with E-state index in [9.17, 15) is 4.79 Å². The zero-order chi connectivity index (χ0) is 17.8. The number of carbonyl (C=O) groups excluding carboxylic acids is 1. The molecule has 3 rings (SSSR count). The Kier molecular flexibility index (Phi) is 5.61. The van der Waals surface area contributed by atoms with Crippen LogP contribution in [-0.2, 0) is 24.2 Å². The van der Waals surface area contributed by atoms with Gasteiger partial charge in [0.15, 0.2) is 0 Å². The van der Waals surface area contributed by atoms with Gasteiger partial charge in [-0.1, -0.05) is 54.4 Å². The number of aryl methyl sites for hydroxylation is 1. The normalized spacial score (nSPS) is 11.0. The van der Waals surface area contributed by atoms with Gasteiger partial charge < -0.3 is 9.88 Å². The van der Waals surface area contributed by atoms with Crippen LogP contribution in [0.5, 0.6) is 0 Å². The molecule has 0 saturated heterocycles. The highest BCUT2D eigenvalue weighted by Crippen LogP contribution is 2.25. The maximum absolute atomic E-state index is 12.3. The average Bonchev–Trinajstić information content (AvgIpc) is 2.96. The standard InChI is InChI=1S/C19H19Cl2N3O/c1-2-17-23-15-8-3-4-9-16(15)24(17)12-18(25)22-11-10-13-6-5-7-14(20)19(13)21/h3-9H,2,10-12H2,1H3,(H,22,25). The number of fused-ring (bicyclic) bond motifs is 1. The number of hydrogen-bond donors (Lipinski definition) is 1. The minimum absolute atomic E-state index is 0.0454. The largest absolute Gasteiger partial charge is 0.354 e. The molecule has 4 nitrogen and oxygen atoms in total. The van der Waals surface area contributed by atoms with Gasteiger partial charge in [-0.15, -0.1) is 0 Å². The summed E-state index contributed by atoms with van der Waals surface area (Å²) in [5.74, 6) is 0.866. The molecule has 1 amide bonds. The molecule has 0 spiro atoms. The van der Waals surface area contributed by atoms with Crippen LogP contribution >= 0.6 is 23.2 Å². The third-order valence-electron chi connectivity index (χ3n) is 4.10. The van der Waals surface area contributed by atoms with Crippen molar-refractivity contribution in [2.45, 2.75) is 26.3 Å². The van der Waals surface area contributed by atoms with Crippen molar-refractivity contribution in [3.8, 4) is 0 Å². The molecule has 25 heavy (non-hydrogen) atoms. The summed E-state index contributed by atoms with van der Waals surface area (Å²) in [4.78, 5) is 16.9. The van der Waals surface area contributed by atoms with Crippen LogP contribution in [0.4, 0.5) is 0 Å². The van der Waals surface area contributed by atoms with E-state index in [2.05, 4.69) is 10.3 Å². The van der Waals surface area contributed by atoms with Crippen molar-refractivity contribution < 1.29 is 4.79 Å². The van der Waals surface area contributed by atoms with Gasteiger partial charge in [-0.05, 0) is 30.2 Å². The Morgan fingerprint density at radius 2 is 1.96 bits per heavy atom. The lowest BCUT2D eigenvalue weighted by Crippen LogP contribution is -2.30. The third kappa shape index (κ3) is 3.97. The Labute approximate surface area is 156 Å². The molecule has 1 aromatic heterocycles. The highest BCUT2D eigenvalue weighted by Gasteiger charge is 2.12. The molecule has 0 atom stereocenters. The zero-order valence-electron chi connectivity index (χ0n) is 13.9. The number of imidazole rings is 1. The highest BCUT2D eigenvalue weighted by atomic mass is 35.5. The lowest BCUT2D eigenvalue weighted by Gasteiger charge is -2.10. The van der Waals surface area contributed by atoms with E-state index in [1.54, 1.807) is 6.07 Å². The van der Waals surface area contributed by atoms with E-state index in [1.165, 1.54) is 0 Å².